The molecule has 0 spiro atoms. The molecular weight excluding hydrogens is 488 g/mol. The Morgan fingerprint density at radius 1 is 1.08 bits per heavy atom. The van der Waals surface area contributed by atoms with E-state index in [2.05, 4.69) is 21.6 Å². The molecule has 212 valence electrons. The van der Waals surface area contributed by atoms with Crippen molar-refractivity contribution in [3.8, 4) is 6.07 Å². The van der Waals surface area contributed by atoms with Crippen molar-refractivity contribution in [1.29, 1.82) is 5.26 Å². The van der Waals surface area contributed by atoms with Gasteiger partial charge in [0.05, 0.1) is 25.4 Å². The summed E-state index contributed by atoms with van der Waals surface area (Å²) in [5.74, 6) is 0.467. The number of likely N-dealkylation sites (tertiary alicyclic amines) is 1. The first-order chi connectivity index (χ1) is 18.5. The molecule has 2 N–H and O–H groups in total. The van der Waals surface area contributed by atoms with Crippen LogP contribution >= 0.6 is 0 Å². The molecule has 4 rings (SSSR count). The molecular formula is C27H44N6O5. The van der Waals surface area contributed by atoms with Crippen LogP contribution in [0.25, 0.3) is 0 Å². The van der Waals surface area contributed by atoms with Crippen LogP contribution in [-0.2, 0) is 19.0 Å². The Morgan fingerprint density at radius 2 is 1.82 bits per heavy atom. The van der Waals surface area contributed by atoms with Crippen molar-refractivity contribution in [1.82, 2.24) is 20.4 Å². The fourth-order valence-corrected chi connectivity index (χ4v) is 5.73. The molecule has 0 aromatic rings. The van der Waals surface area contributed by atoms with Crippen molar-refractivity contribution < 1.29 is 23.8 Å². The minimum absolute atomic E-state index is 0.0777. The fraction of sp³-hybridized carbons (Fsp3) is 0.852. The molecule has 11 nitrogen and oxygen atoms in total. The largest absolute Gasteiger partial charge is 0.446 e. The lowest BCUT2D eigenvalue weighted by Crippen LogP contribution is -2.56. The summed E-state index contributed by atoms with van der Waals surface area (Å²) in [6, 6.07) is 1.68. The van der Waals surface area contributed by atoms with Gasteiger partial charge in [-0.1, -0.05) is 32.1 Å². The molecule has 2 amide bonds. The summed E-state index contributed by atoms with van der Waals surface area (Å²) in [7, 11) is 2.03. The van der Waals surface area contributed by atoms with Gasteiger partial charge >= 0.3 is 6.09 Å². The third-order valence-corrected chi connectivity index (χ3v) is 8.23. The maximum absolute atomic E-state index is 13.7. The van der Waals surface area contributed by atoms with Crippen LogP contribution in [0.4, 0.5) is 4.79 Å². The van der Waals surface area contributed by atoms with E-state index in [1.54, 1.807) is 0 Å². The van der Waals surface area contributed by atoms with Gasteiger partial charge in [-0.05, 0) is 45.1 Å². The van der Waals surface area contributed by atoms with Gasteiger partial charge in [-0.3, -0.25) is 10.1 Å². The van der Waals surface area contributed by atoms with Crippen LogP contribution in [0, 0.1) is 17.2 Å². The lowest BCUT2D eigenvalue weighted by molar-refractivity contribution is -0.124. The molecule has 2 atom stereocenters. The minimum atomic E-state index is -0.892. The maximum atomic E-state index is 13.7. The zero-order valence-corrected chi connectivity index (χ0v) is 22.8. The number of hydrogen-bond donors (Lipinski definition) is 2. The summed E-state index contributed by atoms with van der Waals surface area (Å²) >= 11 is 0. The van der Waals surface area contributed by atoms with E-state index in [1.165, 1.54) is 6.42 Å². The second-order valence-corrected chi connectivity index (χ2v) is 11.2. The number of nitriles is 1. The van der Waals surface area contributed by atoms with E-state index in [1.807, 2.05) is 11.9 Å². The first-order valence-corrected chi connectivity index (χ1v) is 14.3. The number of morpholine rings is 1. The van der Waals surface area contributed by atoms with Gasteiger partial charge in [0.25, 0.3) is 0 Å². The van der Waals surface area contributed by atoms with Gasteiger partial charge in [-0.25, -0.2) is 9.79 Å². The number of nitrogens with one attached hydrogen (secondary N) is 2. The zero-order chi connectivity index (χ0) is 26.8. The minimum Gasteiger partial charge on any atom is -0.446 e. The molecule has 3 heterocycles. The summed E-state index contributed by atoms with van der Waals surface area (Å²) in [5, 5.41) is 15.9. The number of carbonyl (C=O) groups is 2. The van der Waals surface area contributed by atoms with E-state index in [-0.39, 0.29) is 18.6 Å². The second-order valence-electron chi connectivity index (χ2n) is 11.2. The SMILES string of the molecule is CN1CCC(C#N)(NC(=O)[C@H](CC2CCCCC2)N=C(NC(=O)OC[C@H]2CCCO2)N2CCOCC2)CC1. The molecule has 0 unspecified atom stereocenters. The third kappa shape index (κ3) is 8.29. The molecule has 3 saturated heterocycles. The number of guanidine groups is 1. The van der Waals surface area contributed by atoms with Crippen molar-refractivity contribution >= 4 is 18.0 Å². The smallest absolute Gasteiger partial charge is 0.414 e. The monoisotopic (exact) mass is 532 g/mol. The van der Waals surface area contributed by atoms with E-state index in [0.717, 1.165) is 51.6 Å². The highest BCUT2D eigenvalue weighted by molar-refractivity contribution is 5.96. The number of nitrogens with zero attached hydrogens (tertiary/aromatic N) is 4. The van der Waals surface area contributed by atoms with Crippen LogP contribution in [0.3, 0.4) is 0 Å². The average Bonchev–Trinajstić information content (AvgIpc) is 3.47. The van der Waals surface area contributed by atoms with Crippen LogP contribution in [0.15, 0.2) is 4.99 Å². The normalized spacial score (nSPS) is 25.8. The van der Waals surface area contributed by atoms with Crippen LogP contribution < -0.4 is 10.6 Å². The van der Waals surface area contributed by atoms with Crippen molar-refractivity contribution in [2.75, 3.05) is 59.7 Å². The van der Waals surface area contributed by atoms with Gasteiger partial charge in [-0.2, -0.15) is 5.26 Å². The van der Waals surface area contributed by atoms with Gasteiger partial charge in [0.2, 0.25) is 11.9 Å². The van der Waals surface area contributed by atoms with Crippen LogP contribution in [0.2, 0.25) is 0 Å². The lowest BCUT2D eigenvalue weighted by Gasteiger charge is -2.37. The summed E-state index contributed by atoms with van der Waals surface area (Å²) in [6.45, 7) is 4.51. The number of rotatable bonds is 7. The Labute approximate surface area is 226 Å². The van der Waals surface area contributed by atoms with Gasteiger partial charge in [0.1, 0.15) is 18.2 Å². The molecule has 0 aromatic heterocycles. The van der Waals surface area contributed by atoms with Gasteiger partial charge in [-0.15, -0.1) is 0 Å². The molecule has 4 aliphatic rings. The Morgan fingerprint density at radius 3 is 2.47 bits per heavy atom. The van der Waals surface area contributed by atoms with Crippen LogP contribution in [-0.4, -0.2) is 105 Å². The molecule has 3 aliphatic heterocycles. The van der Waals surface area contributed by atoms with Crippen molar-refractivity contribution in [3.63, 3.8) is 0 Å². The highest BCUT2D eigenvalue weighted by Crippen LogP contribution is 2.29. The highest BCUT2D eigenvalue weighted by atomic mass is 16.6. The molecule has 0 bridgehead atoms. The van der Waals surface area contributed by atoms with Crippen molar-refractivity contribution in [2.45, 2.75) is 81.9 Å². The molecule has 0 aromatic carbocycles. The van der Waals surface area contributed by atoms with Gasteiger partial charge in [0, 0.05) is 32.8 Å². The molecule has 1 saturated carbocycles. The maximum Gasteiger partial charge on any atom is 0.414 e. The number of aliphatic imine (C=N–C) groups is 1. The summed E-state index contributed by atoms with van der Waals surface area (Å²) < 4.78 is 16.5. The zero-order valence-electron chi connectivity index (χ0n) is 22.8. The predicted octanol–water partition coefficient (Wildman–Crippen LogP) is 2.02. The van der Waals surface area contributed by atoms with Crippen molar-refractivity contribution in [3.05, 3.63) is 0 Å². The molecule has 4 fully saturated rings. The van der Waals surface area contributed by atoms with Crippen molar-refractivity contribution in [2.24, 2.45) is 10.9 Å². The summed E-state index contributed by atoms with van der Waals surface area (Å²) in [4.78, 5) is 35.5. The number of piperidine rings is 1. The molecule has 1 aliphatic carbocycles. The molecule has 11 heteroatoms. The van der Waals surface area contributed by atoms with E-state index >= 15 is 0 Å². The molecule has 38 heavy (non-hydrogen) atoms. The van der Waals surface area contributed by atoms with Gasteiger partial charge in [0.15, 0.2) is 0 Å². The topological polar surface area (TPSA) is 129 Å². The average molecular weight is 533 g/mol. The lowest BCUT2D eigenvalue weighted by atomic mass is 9.84. The highest BCUT2D eigenvalue weighted by Gasteiger charge is 2.38. The van der Waals surface area contributed by atoms with E-state index in [4.69, 9.17) is 19.2 Å². The third-order valence-electron chi connectivity index (χ3n) is 8.23. The quantitative estimate of drug-likeness (QED) is 0.377. The Bertz CT molecular complexity index is 851. The molecule has 0 radical (unpaired) electrons. The number of carbonyl (C=O) groups excluding carboxylic acids is 2. The predicted molar refractivity (Wildman–Crippen MR) is 141 cm³/mol. The number of amides is 2. The number of alkyl carbamates (subject to hydrolysis) is 1. The first-order valence-electron chi connectivity index (χ1n) is 14.3. The van der Waals surface area contributed by atoms with Gasteiger partial charge < -0.3 is 29.3 Å². The Kier molecular flexibility index (Phi) is 10.6. The Hall–Kier alpha value is -2.42. The van der Waals surface area contributed by atoms with Crippen LogP contribution in [0.1, 0.15) is 64.2 Å². The standard InChI is InChI=1S/C27H44N6O5/c1-32-11-9-27(20-28,10-12-32)31-24(34)23(18-21-6-3-2-4-7-21)29-25(33-13-16-36-17-14-33)30-26(35)38-19-22-8-5-15-37-22/h21-23H,2-19H2,1H3,(H,31,34)(H,29,30,35)/t22-,23+/m1/s1. The Balaban J connectivity index is 1.51. The summed E-state index contributed by atoms with van der Waals surface area (Å²) in [6.07, 6.45) is 8.57. The number of ether oxygens (including phenoxy) is 3. The van der Waals surface area contributed by atoms with E-state index in [0.29, 0.717) is 64.1 Å². The van der Waals surface area contributed by atoms with E-state index < -0.39 is 17.7 Å². The van der Waals surface area contributed by atoms with E-state index in [9.17, 15) is 14.9 Å². The van der Waals surface area contributed by atoms with Crippen LogP contribution in [0.5, 0.6) is 0 Å². The fourth-order valence-electron chi connectivity index (χ4n) is 5.73. The first kappa shape index (κ1) is 28.6. The number of hydrogen-bond acceptors (Lipinski definition) is 8. The summed E-state index contributed by atoms with van der Waals surface area (Å²) in [5.41, 5.74) is -0.892. The second kappa shape index (κ2) is 14.1.